The lowest BCUT2D eigenvalue weighted by Crippen LogP contribution is -2.26. The lowest BCUT2D eigenvalue weighted by molar-refractivity contribution is 0.260. The van der Waals surface area contributed by atoms with Gasteiger partial charge in [-0.2, -0.15) is 5.26 Å². The van der Waals surface area contributed by atoms with E-state index in [9.17, 15) is 0 Å². The minimum absolute atomic E-state index is 0.641. The molecular formula is C14H18N2. The summed E-state index contributed by atoms with van der Waals surface area (Å²) in [5.74, 6) is 0. The summed E-state index contributed by atoms with van der Waals surface area (Å²) in [4.78, 5) is 2.45. The van der Waals surface area contributed by atoms with Gasteiger partial charge >= 0.3 is 0 Å². The number of hydrogen-bond donors (Lipinski definition) is 0. The largest absolute Gasteiger partial charge is 0.295 e. The van der Waals surface area contributed by atoms with Crippen LogP contribution in [-0.4, -0.2) is 17.5 Å². The van der Waals surface area contributed by atoms with E-state index in [-0.39, 0.29) is 0 Å². The highest BCUT2D eigenvalue weighted by Gasteiger charge is 2.28. The number of benzene rings is 1. The maximum atomic E-state index is 8.66. The van der Waals surface area contributed by atoms with Crippen molar-refractivity contribution in [1.82, 2.24) is 4.90 Å². The van der Waals surface area contributed by atoms with E-state index in [2.05, 4.69) is 42.2 Å². The van der Waals surface area contributed by atoms with Gasteiger partial charge < -0.3 is 0 Å². The molecule has 0 aromatic heterocycles. The Labute approximate surface area is 97.5 Å². The second-order valence-electron chi connectivity index (χ2n) is 4.54. The highest BCUT2D eigenvalue weighted by molar-refractivity contribution is 5.25. The van der Waals surface area contributed by atoms with Gasteiger partial charge in [-0.05, 0) is 30.9 Å². The van der Waals surface area contributed by atoms with Gasteiger partial charge in [-0.15, -0.1) is 0 Å². The van der Waals surface area contributed by atoms with Gasteiger partial charge in [0.05, 0.1) is 6.07 Å². The zero-order chi connectivity index (χ0) is 11.4. The molecule has 1 aliphatic rings. The fourth-order valence-electron chi connectivity index (χ4n) is 2.03. The Morgan fingerprint density at radius 3 is 2.75 bits per heavy atom. The van der Waals surface area contributed by atoms with E-state index >= 15 is 0 Å². The van der Waals surface area contributed by atoms with Crippen LogP contribution in [-0.2, 0) is 6.54 Å². The predicted octanol–water partition coefficient (Wildman–Crippen LogP) is 2.87. The zero-order valence-corrected chi connectivity index (χ0v) is 9.82. The van der Waals surface area contributed by atoms with Crippen molar-refractivity contribution in [3.8, 4) is 6.07 Å². The van der Waals surface area contributed by atoms with Crippen LogP contribution in [0.5, 0.6) is 0 Å². The van der Waals surface area contributed by atoms with Crippen LogP contribution in [0.3, 0.4) is 0 Å². The Morgan fingerprint density at radius 1 is 1.38 bits per heavy atom. The molecule has 2 heteroatoms. The van der Waals surface area contributed by atoms with E-state index in [0.717, 1.165) is 19.1 Å². The highest BCUT2D eigenvalue weighted by atomic mass is 15.2. The summed E-state index contributed by atoms with van der Waals surface area (Å²) in [6.07, 6.45) is 3.25. The summed E-state index contributed by atoms with van der Waals surface area (Å²) in [7, 11) is 0. The van der Waals surface area contributed by atoms with Crippen LogP contribution in [0.1, 0.15) is 30.4 Å². The molecule has 1 fully saturated rings. The molecule has 1 aliphatic carbocycles. The summed E-state index contributed by atoms with van der Waals surface area (Å²) < 4.78 is 0. The fourth-order valence-corrected chi connectivity index (χ4v) is 2.03. The van der Waals surface area contributed by atoms with Crippen molar-refractivity contribution in [3.63, 3.8) is 0 Å². The molecule has 84 valence electrons. The fraction of sp³-hybridized carbons (Fsp3) is 0.500. The Kier molecular flexibility index (Phi) is 3.58. The van der Waals surface area contributed by atoms with Crippen LogP contribution in [0.4, 0.5) is 0 Å². The number of aryl methyl sites for hydroxylation is 1. The quantitative estimate of drug-likeness (QED) is 0.753. The smallest absolute Gasteiger partial charge is 0.0635 e. The molecule has 1 aromatic rings. The summed E-state index contributed by atoms with van der Waals surface area (Å²) in [5.41, 5.74) is 2.75. The van der Waals surface area contributed by atoms with E-state index in [1.54, 1.807) is 0 Å². The molecule has 2 nitrogen and oxygen atoms in total. The van der Waals surface area contributed by atoms with Gasteiger partial charge in [-0.25, -0.2) is 0 Å². The van der Waals surface area contributed by atoms with E-state index in [1.165, 1.54) is 24.0 Å². The molecule has 0 spiro atoms. The van der Waals surface area contributed by atoms with Gasteiger partial charge in [-0.3, -0.25) is 4.90 Å². The molecule has 0 amide bonds. The third-order valence-corrected chi connectivity index (χ3v) is 3.21. The van der Waals surface area contributed by atoms with E-state index < -0.39 is 0 Å². The van der Waals surface area contributed by atoms with Gasteiger partial charge in [0.2, 0.25) is 0 Å². The predicted molar refractivity (Wildman–Crippen MR) is 64.8 cm³/mol. The number of nitrogens with zero attached hydrogens (tertiary/aromatic N) is 2. The Bertz CT molecular complexity index is 388. The van der Waals surface area contributed by atoms with Crippen LogP contribution in [0.2, 0.25) is 0 Å². The van der Waals surface area contributed by atoms with Crippen molar-refractivity contribution in [2.24, 2.45) is 0 Å². The van der Waals surface area contributed by atoms with Crippen molar-refractivity contribution in [2.75, 3.05) is 6.54 Å². The summed E-state index contributed by atoms with van der Waals surface area (Å²) in [6, 6.07) is 11.5. The van der Waals surface area contributed by atoms with E-state index in [1.807, 2.05) is 0 Å². The summed E-state index contributed by atoms with van der Waals surface area (Å²) in [5, 5.41) is 8.66. The average Bonchev–Trinajstić information content (AvgIpc) is 3.10. The first-order valence-corrected chi connectivity index (χ1v) is 5.97. The minimum Gasteiger partial charge on any atom is -0.295 e. The molecule has 0 aliphatic heterocycles. The first kappa shape index (κ1) is 11.2. The summed E-state index contributed by atoms with van der Waals surface area (Å²) in [6.45, 7) is 4.07. The Balaban J connectivity index is 2.00. The van der Waals surface area contributed by atoms with Crippen molar-refractivity contribution < 1.29 is 0 Å². The lowest BCUT2D eigenvalue weighted by Gasteiger charge is -2.21. The second kappa shape index (κ2) is 5.14. The Morgan fingerprint density at radius 2 is 2.12 bits per heavy atom. The monoisotopic (exact) mass is 214 g/mol. The van der Waals surface area contributed by atoms with Crippen LogP contribution >= 0.6 is 0 Å². The first-order chi connectivity index (χ1) is 7.81. The molecular weight excluding hydrogens is 196 g/mol. The summed E-state index contributed by atoms with van der Waals surface area (Å²) >= 11 is 0. The number of hydrogen-bond acceptors (Lipinski definition) is 2. The maximum absolute atomic E-state index is 8.66. The number of rotatable bonds is 5. The minimum atomic E-state index is 0.641. The van der Waals surface area contributed by atoms with Gasteiger partial charge in [-0.1, -0.05) is 24.3 Å². The van der Waals surface area contributed by atoms with Crippen molar-refractivity contribution in [3.05, 3.63) is 35.4 Å². The lowest BCUT2D eigenvalue weighted by atomic mass is 10.1. The van der Waals surface area contributed by atoms with Crippen LogP contribution in [0.15, 0.2) is 24.3 Å². The molecule has 0 atom stereocenters. The second-order valence-corrected chi connectivity index (χ2v) is 4.54. The molecule has 0 heterocycles. The number of nitriles is 1. The molecule has 0 radical (unpaired) electrons. The molecule has 2 rings (SSSR count). The molecule has 0 saturated heterocycles. The van der Waals surface area contributed by atoms with Crippen LogP contribution in [0, 0.1) is 18.3 Å². The maximum Gasteiger partial charge on any atom is 0.0635 e. The first-order valence-electron chi connectivity index (χ1n) is 5.97. The zero-order valence-electron chi connectivity index (χ0n) is 9.82. The molecule has 0 N–H and O–H groups in total. The highest BCUT2D eigenvalue weighted by Crippen LogP contribution is 2.28. The topological polar surface area (TPSA) is 27.0 Å². The van der Waals surface area contributed by atoms with E-state index in [0.29, 0.717) is 6.42 Å². The average molecular weight is 214 g/mol. The molecule has 16 heavy (non-hydrogen) atoms. The van der Waals surface area contributed by atoms with Crippen LogP contribution < -0.4 is 0 Å². The van der Waals surface area contributed by atoms with Gasteiger partial charge in [0.25, 0.3) is 0 Å². The standard InChI is InChI=1S/C14H18N2/c1-12-5-2-3-6-13(12)11-16(10-4-9-15)14-7-8-14/h2-3,5-6,14H,4,7-8,10-11H2,1H3. The molecule has 0 unspecified atom stereocenters. The van der Waals surface area contributed by atoms with Gasteiger partial charge in [0.15, 0.2) is 0 Å². The van der Waals surface area contributed by atoms with Crippen molar-refractivity contribution >= 4 is 0 Å². The third-order valence-electron chi connectivity index (χ3n) is 3.21. The molecule has 1 saturated carbocycles. The van der Waals surface area contributed by atoms with Crippen molar-refractivity contribution in [1.29, 1.82) is 5.26 Å². The van der Waals surface area contributed by atoms with Gasteiger partial charge in [0, 0.05) is 25.6 Å². The third kappa shape index (κ3) is 2.84. The SMILES string of the molecule is Cc1ccccc1CN(CCC#N)C1CC1. The Hall–Kier alpha value is -1.33. The normalized spacial score (nSPS) is 15.1. The molecule has 0 bridgehead atoms. The van der Waals surface area contributed by atoms with Crippen molar-refractivity contribution in [2.45, 2.75) is 38.8 Å². The van der Waals surface area contributed by atoms with Crippen LogP contribution in [0.25, 0.3) is 0 Å². The van der Waals surface area contributed by atoms with Gasteiger partial charge in [0.1, 0.15) is 0 Å². The van der Waals surface area contributed by atoms with E-state index in [4.69, 9.17) is 5.26 Å². The molecule has 1 aromatic carbocycles.